The Morgan fingerprint density at radius 2 is 1.77 bits per heavy atom. The molecule has 1 amide bonds. The number of H-pyrrole nitrogens is 1. The molecule has 40 heavy (non-hydrogen) atoms. The standard InChI is InChI=1S/C29H25ClF3N3O3S/c30-18-4-10-24(37)22(16-18)26-21-15-17(29(31,32)33)3-9-23(21)35-28(39)27(26)40-20-7-5-19(6-8-20)34-25(38)11-14-36-12-1-2-13-36/h3-10,15-16,37H,1-2,11-14H2,(H,34,38)(H,35,39). The molecule has 0 unspecified atom stereocenters. The van der Waals surface area contributed by atoms with Crippen LogP contribution < -0.4 is 10.9 Å². The third-order valence-electron chi connectivity index (χ3n) is 6.74. The van der Waals surface area contributed by atoms with Gasteiger partial charge in [0, 0.05) is 50.6 Å². The van der Waals surface area contributed by atoms with Gasteiger partial charge >= 0.3 is 6.18 Å². The average molecular weight is 588 g/mol. The Labute approximate surface area is 237 Å². The summed E-state index contributed by atoms with van der Waals surface area (Å²) in [5, 5.41) is 13.9. The smallest absolute Gasteiger partial charge is 0.416 e. The zero-order valence-corrected chi connectivity index (χ0v) is 22.7. The molecule has 3 aromatic carbocycles. The Morgan fingerprint density at radius 3 is 2.48 bits per heavy atom. The topological polar surface area (TPSA) is 85.4 Å². The Hall–Kier alpha value is -3.47. The van der Waals surface area contributed by atoms with Gasteiger partial charge in [-0.15, -0.1) is 0 Å². The highest BCUT2D eigenvalue weighted by atomic mass is 35.5. The summed E-state index contributed by atoms with van der Waals surface area (Å²) in [7, 11) is 0. The lowest BCUT2D eigenvalue weighted by Gasteiger charge is -2.16. The van der Waals surface area contributed by atoms with Crippen LogP contribution in [0.2, 0.25) is 5.02 Å². The molecule has 0 bridgehead atoms. The van der Waals surface area contributed by atoms with Crippen LogP contribution in [0.15, 0.2) is 75.2 Å². The number of phenols is 1. The number of aromatic hydroxyl groups is 1. The number of pyridine rings is 1. The number of likely N-dealkylation sites (tertiary alicyclic amines) is 1. The van der Waals surface area contributed by atoms with E-state index in [1.54, 1.807) is 24.3 Å². The van der Waals surface area contributed by atoms with E-state index in [-0.39, 0.29) is 43.6 Å². The van der Waals surface area contributed by atoms with Crippen LogP contribution in [0.4, 0.5) is 18.9 Å². The summed E-state index contributed by atoms with van der Waals surface area (Å²) in [6.45, 7) is 2.73. The molecule has 0 spiro atoms. The van der Waals surface area contributed by atoms with E-state index in [2.05, 4.69) is 15.2 Å². The van der Waals surface area contributed by atoms with Crippen molar-refractivity contribution in [3.63, 3.8) is 0 Å². The van der Waals surface area contributed by atoms with Gasteiger partial charge < -0.3 is 20.3 Å². The maximum absolute atomic E-state index is 13.6. The molecule has 1 saturated heterocycles. The van der Waals surface area contributed by atoms with Gasteiger partial charge in [-0.05, 0) is 86.6 Å². The second-order valence-corrected chi connectivity index (χ2v) is 11.1. The molecule has 3 N–H and O–H groups in total. The second kappa shape index (κ2) is 11.6. The van der Waals surface area contributed by atoms with E-state index < -0.39 is 17.3 Å². The molecule has 0 saturated carbocycles. The van der Waals surface area contributed by atoms with Crippen molar-refractivity contribution in [2.24, 2.45) is 0 Å². The van der Waals surface area contributed by atoms with Crippen molar-refractivity contribution in [1.82, 2.24) is 9.88 Å². The SMILES string of the molecule is O=C(CCN1CCCC1)Nc1ccc(Sc2c(-c3cc(Cl)ccc3O)c3cc(C(F)(F)F)ccc3[nH]c2=O)cc1. The van der Waals surface area contributed by atoms with Gasteiger partial charge in [-0.3, -0.25) is 9.59 Å². The molecule has 0 radical (unpaired) electrons. The Kier molecular flexibility index (Phi) is 8.11. The zero-order chi connectivity index (χ0) is 28.4. The number of anilines is 1. The summed E-state index contributed by atoms with van der Waals surface area (Å²) in [5.41, 5.74) is -0.391. The first-order valence-electron chi connectivity index (χ1n) is 12.6. The van der Waals surface area contributed by atoms with Crippen molar-refractivity contribution in [3.8, 4) is 16.9 Å². The van der Waals surface area contributed by atoms with Gasteiger partial charge in [-0.2, -0.15) is 13.2 Å². The quantitative estimate of drug-likeness (QED) is 0.214. The van der Waals surface area contributed by atoms with E-state index in [4.69, 9.17) is 11.6 Å². The highest BCUT2D eigenvalue weighted by Gasteiger charge is 2.31. The van der Waals surface area contributed by atoms with E-state index in [0.29, 0.717) is 23.5 Å². The summed E-state index contributed by atoms with van der Waals surface area (Å²) in [5.74, 6) is -0.333. The largest absolute Gasteiger partial charge is 0.507 e. The van der Waals surface area contributed by atoms with Crippen molar-refractivity contribution in [1.29, 1.82) is 0 Å². The number of phenolic OH excluding ortho intramolecular Hbond substituents is 1. The van der Waals surface area contributed by atoms with Gasteiger partial charge in [-0.1, -0.05) is 23.4 Å². The van der Waals surface area contributed by atoms with Crippen molar-refractivity contribution >= 4 is 45.9 Å². The predicted molar refractivity (Wildman–Crippen MR) is 151 cm³/mol. The number of fused-ring (bicyclic) bond motifs is 1. The van der Waals surface area contributed by atoms with E-state index in [1.165, 1.54) is 24.3 Å². The van der Waals surface area contributed by atoms with E-state index >= 15 is 0 Å². The van der Waals surface area contributed by atoms with Crippen LogP contribution in [0, 0.1) is 0 Å². The number of rotatable bonds is 7. The molecule has 1 aromatic heterocycles. The fourth-order valence-electron chi connectivity index (χ4n) is 4.74. The first-order chi connectivity index (χ1) is 19.1. The number of carbonyl (C=O) groups is 1. The number of hydrogen-bond acceptors (Lipinski definition) is 5. The van der Waals surface area contributed by atoms with Crippen LogP contribution in [0.3, 0.4) is 0 Å². The number of carbonyl (C=O) groups excluding carboxylic acids is 1. The first-order valence-corrected chi connectivity index (χ1v) is 13.8. The number of amides is 1. The van der Waals surface area contributed by atoms with Gasteiger partial charge in [0.05, 0.1) is 10.5 Å². The summed E-state index contributed by atoms with van der Waals surface area (Å²) >= 11 is 7.21. The number of aromatic nitrogens is 1. The minimum absolute atomic E-state index is 0.0896. The molecule has 1 aliphatic rings. The van der Waals surface area contributed by atoms with Crippen LogP contribution in [-0.4, -0.2) is 40.5 Å². The first kappa shape index (κ1) is 28.1. The van der Waals surface area contributed by atoms with Crippen LogP contribution in [-0.2, 0) is 11.0 Å². The highest BCUT2D eigenvalue weighted by Crippen LogP contribution is 2.43. The summed E-state index contributed by atoms with van der Waals surface area (Å²) < 4.78 is 40.8. The third kappa shape index (κ3) is 6.29. The molecule has 1 aliphatic heterocycles. The van der Waals surface area contributed by atoms with Crippen molar-refractivity contribution in [2.75, 3.05) is 25.0 Å². The maximum Gasteiger partial charge on any atom is 0.416 e. The molecule has 5 rings (SSSR count). The molecule has 2 heterocycles. The van der Waals surface area contributed by atoms with E-state index in [0.717, 1.165) is 49.8 Å². The molecule has 4 aromatic rings. The highest BCUT2D eigenvalue weighted by molar-refractivity contribution is 7.99. The summed E-state index contributed by atoms with van der Waals surface area (Å²) in [4.78, 5) is 31.2. The number of alkyl halides is 3. The molecular weight excluding hydrogens is 563 g/mol. The molecule has 1 fully saturated rings. The molecule has 0 aliphatic carbocycles. The van der Waals surface area contributed by atoms with Gasteiger partial charge in [-0.25, -0.2) is 0 Å². The average Bonchev–Trinajstić information content (AvgIpc) is 3.44. The fourth-order valence-corrected chi connectivity index (χ4v) is 5.88. The molecule has 6 nitrogen and oxygen atoms in total. The van der Waals surface area contributed by atoms with Crippen molar-refractivity contribution in [2.45, 2.75) is 35.2 Å². The van der Waals surface area contributed by atoms with Crippen molar-refractivity contribution in [3.05, 3.63) is 81.6 Å². The number of halogens is 4. The Bertz CT molecular complexity index is 1620. The normalized spacial score (nSPS) is 14.1. The van der Waals surface area contributed by atoms with Gasteiger partial charge in [0.2, 0.25) is 5.91 Å². The Balaban J connectivity index is 1.48. The second-order valence-electron chi connectivity index (χ2n) is 9.55. The zero-order valence-electron chi connectivity index (χ0n) is 21.1. The minimum Gasteiger partial charge on any atom is -0.507 e. The van der Waals surface area contributed by atoms with Crippen LogP contribution in [0.5, 0.6) is 5.75 Å². The van der Waals surface area contributed by atoms with Crippen LogP contribution >= 0.6 is 23.4 Å². The lowest BCUT2D eigenvalue weighted by atomic mass is 9.98. The number of aromatic amines is 1. The minimum atomic E-state index is -4.61. The lowest BCUT2D eigenvalue weighted by Crippen LogP contribution is -2.25. The molecule has 208 valence electrons. The van der Waals surface area contributed by atoms with E-state index in [9.17, 15) is 27.9 Å². The molecule has 11 heteroatoms. The Morgan fingerprint density at radius 1 is 1.05 bits per heavy atom. The lowest BCUT2D eigenvalue weighted by molar-refractivity contribution is -0.137. The van der Waals surface area contributed by atoms with Gasteiger partial charge in [0.15, 0.2) is 0 Å². The number of nitrogens with one attached hydrogen (secondary N) is 2. The monoisotopic (exact) mass is 587 g/mol. The number of hydrogen-bond donors (Lipinski definition) is 3. The van der Waals surface area contributed by atoms with E-state index in [1.807, 2.05) is 0 Å². The molecule has 0 atom stereocenters. The van der Waals surface area contributed by atoms with Crippen LogP contribution in [0.1, 0.15) is 24.8 Å². The van der Waals surface area contributed by atoms with Crippen LogP contribution in [0.25, 0.3) is 22.0 Å². The summed E-state index contributed by atoms with van der Waals surface area (Å²) in [6, 6.07) is 14.0. The van der Waals surface area contributed by atoms with Gasteiger partial charge in [0.25, 0.3) is 5.56 Å². The summed E-state index contributed by atoms with van der Waals surface area (Å²) in [6.07, 6.45) is -1.92. The number of benzene rings is 3. The number of nitrogens with zero attached hydrogens (tertiary/aromatic N) is 1. The van der Waals surface area contributed by atoms with Gasteiger partial charge in [0.1, 0.15) is 5.75 Å². The molecular formula is C29H25ClF3N3O3S. The fraction of sp³-hybridized carbons (Fsp3) is 0.241. The van der Waals surface area contributed by atoms with Crippen molar-refractivity contribution < 1.29 is 23.1 Å². The maximum atomic E-state index is 13.6. The third-order valence-corrected chi connectivity index (χ3v) is 8.07. The predicted octanol–water partition coefficient (Wildman–Crippen LogP) is 7.15.